The average molecular weight is 337 g/mol. The summed E-state index contributed by atoms with van der Waals surface area (Å²) in [5.41, 5.74) is 0.681. The molecule has 0 saturated carbocycles. The van der Waals surface area contributed by atoms with Gasteiger partial charge in [-0.2, -0.15) is 5.10 Å². The molecule has 0 saturated heterocycles. The monoisotopic (exact) mass is 336 g/mol. The average Bonchev–Trinajstić information content (AvgIpc) is 2.71. The Bertz CT molecular complexity index is 855. The Morgan fingerprint density at radius 1 is 1.35 bits per heavy atom. The summed E-state index contributed by atoms with van der Waals surface area (Å²) in [6, 6.07) is 6.35. The van der Waals surface area contributed by atoms with Gasteiger partial charge in [-0.1, -0.05) is 18.2 Å². The van der Waals surface area contributed by atoms with Crippen molar-refractivity contribution in [2.75, 3.05) is 0 Å². The van der Waals surface area contributed by atoms with Crippen LogP contribution in [0.4, 0.5) is 4.39 Å². The molecule has 3 rings (SSSR count). The van der Waals surface area contributed by atoms with Crippen molar-refractivity contribution in [1.82, 2.24) is 19.3 Å². The Morgan fingerprint density at radius 2 is 2.10 bits per heavy atom. The summed E-state index contributed by atoms with van der Waals surface area (Å²) in [7, 11) is 1.71. The zero-order chi connectivity index (χ0) is 14.3. The summed E-state index contributed by atoms with van der Waals surface area (Å²) in [5.74, 6) is -0.343. The van der Waals surface area contributed by atoms with E-state index in [2.05, 4.69) is 26.0 Å². The topological polar surface area (TPSA) is 52.7 Å². The lowest BCUT2D eigenvalue weighted by Gasteiger charge is -2.06. The number of aryl methyl sites for hydroxylation is 1. The molecule has 0 atom stereocenters. The van der Waals surface area contributed by atoms with Crippen molar-refractivity contribution in [3.63, 3.8) is 0 Å². The van der Waals surface area contributed by atoms with E-state index < -0.39 is 0 Å². The number of nitrogens with zero attached hydrogens (tertiary/aromatic N) is 4. The van der Waals surface area contributed by atoms with Crippen LogP contribution >= 0.6 is 15.9 Å². The van der Waals surface area contributed by atoms with Crippen molar-refractivity contribution in [3.05, 3.63) is 56.9 Å². The fourth-order valence-electron chi connectivity index (χ4n) is 2.06. The zero-order valence-corrected chi connectivity index (χ0v) is 12.1. The van der Waals surface area contributed by atoms with Gasteiger partial charge in [0.25, 0.3) is 5.56 Å². The minimum absolute atomic E-state index is 0.135. The molecule has 7 heteroatoms. The van der Waals surface area contributed by atoms with Crippen molar-refractivity contribution >= 4 is 27.0 Å². The SMILES string of the molecule is Cn1nc(Br)c2c(=O)n(Cc3ccccc3F)cnc21. The van der Waals surface area contributed by atoms with Crippen molar-refractivity contribution < 1.29 is 4.39 Å². The smallest absolute Gasteiger partial charge is 0.265 e. The van der Waals surface area contributed by atoms with E-state index in [-0.39, 0.29) is 17.9 Å². The van der Waals surface area contributed by atoms with Gasteiger partial charge in [0.15, 0.2) is 5.65 Å². The van der Waals surface area contributed by atoms with Crippen molar-refractivity contribution in [1.29, 1.82) is 0 Å². The molecule has 0 bridgehead atoms. The van der Waals surface area contributed by atoms with Crippen molar-refractivity contribution in [3.8, 4) is 0 Å². The van der Waals surface area contributed by atoms with E-state index in [1.165, 1.54) is 21.6 Å². The van der Waals surface area contributed by atoms with Gasteiger partial charge < -0.3 is 0 Å². The lowest BCUT2D eigenvalue weighted by atomic mass is 10.2. The Kier molecular flexibility index (Phi) is 3.13. The van der Waals surface area contributed by atoms with E-state index in [1.54, 1.807) is 25.2 Å². The van der Waals surface area contributed by atoms with Crippen LogP contribution in [0.1, 0.15) is 5.56 Å². The third kappa shape index (κ3) is 2.03. The molecule has 0 unspecified atom stereocenters. The Balaban J connectivity index is 2.14. The van der Waals surface area contributed by atoms with Gasteiger partial charge in [0, 0.05) is 12.6 Å². The molecule has 0 aliphatic carbocycles. The molecule has 0 aliphatic heterocycles. The van der Waals surface area contributed by atoms with Crippen LogP contribution in [0.15, 0.2) is 40.0 Å². The van der Waals surface area contributed by atoms with Crippen molar-refractivity contribution in [2.24, 2.45) is 7.05 Å². The molecule has 2 aromatic heterocycles. The molecular formula is C13H10BrFN4O. The number of aromatic nitrogens is 4. The first-order valence-electron chi connectivity index (χ1n) is 5.89. The highest BCUT2D eigenvalue weighted by atomic mass is 79.9. The van der Waals surface area contributed by atoms with Gasteiger partial charge in [-0.3, -0.25) is 9.36 Å². The van der Waals surface area contributed by atoms with Gasteiger partial charge in [-0.05, 0) is 22.0 Å². The first-order valence-corrected chi connectivity index (χ1v) is 6.68. The summed E-state index contributed by atoms with van der Waals surface area (Å²) in [4.78, 5) is 16.6. The lowest BCUT2D eigenvalue weighted by molar-refractivity contribution is 0.595. The molecule has 0 fully saturated rings. The van der Waals surface area contributed by atoms with E-state index in [4.69, 9.17) is 0 Å². The number of fused-ring (bicyclic) bond motifs is 1. The Hall–Kier alpha value is -2.02. The zero-order valence-electron chi connectivity index (χ0n) is 10.5. The van der Waals surface area contributed by atoms with Crippen LogP contribution in [0.2, 0.25) is 0 Å². The maximum absolute atomic E-state index is 13.6. The number of rotatable bonds is 2. The fraction of sp³-hybridized carbons (Fsp3) is 0.154. The molecule has 1 aromatic carbocycles. The molecule has 0 N–H and O–H groups in total. The van der Waals surface area contributed by atoms with Gasteiger partial charge in [-0.15, -0.1) is 0 Å². The fourth-order valence-corrected chi connectivity index (χ4v) is 2.64. The van der Waals surface area contributed by atoms with Crippen molar-refractivity contribution in [2.45, 2.75) is 6.54 Å². The summed E-state index contributed by atoms with van der Waals surface area (Å²) < 4.78 is 17.0. The lowest BCUT2D eigenvalue weighted by Crippen LogP contribution is -2.21. The summed E-state index contributed by atoms with van der Waals surface area (Å²) in [6.45, 7) is 0.135. The summed E-state index contributed by atoms with van der Waals surface area (Å²) in [6.07, 6.45) is 1.41. The van der Waals surface area contributed by atoms with Crippen LogP contribution in [0.5, 0.6) is 0 Å². The minimum Gasteiger partial charge on any atom is -0.294 e. The predicted molar refractivity (Wildman–Crippen MR) is 76.0 cm³/mol. The number of benzene rings is 1. The maximum atomic E-state index is 13.6. The normalized spacial score (nSPS) is 11.2. The molecule has 102 valence electrons. The molecule has 5 nitrogen and oxygen atoms in total. The van der Waals surface area contributed by atoms with Gasteiger partial charge in [0.2, 0.25) is 0 Å². The molecule has 3 aromatic rings. The van der Waals surface area contributed by atoms with E-state index in [1.807, 2.05) is 0 Å². The molecule has 0 radical (unpaired) electrons. The Morgan fingerprint density at radius 3 is 2.85 bits per heavy atom. The molecule has 20 heavy (non-hydrogen) atoms. The number of hydrogen-bond acceptors (Lipinski definition) is 3. The predicted octanol–water partition coefficient (Wildman–Crippen LogP) is 2.08. The van der Waals surface area contributed by atoms with E-state index in [0.29, 0.717) is 21.2 Å². The van der Waals surface area contributed by atoms with Crippen LogP contribution in [-0.4, -0.2) is 19.3 Å². The van der Waals surface area contributed by atoms with Gasteiger partial charge in [0.1, 0.15) is 22.1 Å². The highest BCUT2D eigenvalue weighted by molar-refractivity contribution is 9.10. The largest absolute Gasteiger partial charge is 0.294 e. The number of hydrogen-bond donors (Lipinski definition) is 0. The highest BCUT2D eigenvalue weighted by Gasteiger charge is 2.14. The second kappa shape index (κ2) is 4.82. The van der Waals surface area contributed by atoms with Gasteiger partial charge in [0.05, 0.1) is 6.54 Å². The second-order valence-electron chi connectivity index (χ2n) is 4.38. The third-order valence-electron chi connectivity index (χ3n) is 3.07. The third-order valence-corrected chi connectivity index (χ3v) is 3.62. The Labute approximate surface area is 121 Å². The quantitative estimate of drug-likeness (QED) is 0.720. The molecule has 0 spiro atoms. The van der Waals surface area contributed by atoms with Crippen LogP contribution in [0, 0.1) is 5.82 Å². The summed E-state index contributed by atoms with van der Waals surface area (Å²) in [5, 5.41) is 4.49. The molecule has 0 aliphatic rings. The highest BCUT2D eigenvalue weighted by Crippen LogP contribution is 2.17. The van der Waals surface area contributed by atoms with Crippen LogP contribution < -0.4 is 5.56 Å². The van der Waals surface area contributed by atoms with Gasteiger partial charge in [-0.25, -0.2) is 14.1 Å². The molecule has 2 heterocycles. The van der Waals surface area contributed by atoms with E-state index >= 15 is 0 Å². The number of halogens is 2. The molecular weight excluding hydrogens is 327 g/mol. The summed E-state index contributed by atoms with van der Waals surface area (Å²) >= 11 is 3.24. The minimum atomic E-state index is -0.343. The van der Waals surface area contributed by atoms with Gasteiger partial charge >= 0.3 is 0 Å². The molecule has 0 amide bonds. The van der Waals surface area contributed by atoms with Crippen LogP contribution in [-0.2, 0) is 13.6 Å². The van der Waals surface area contributed by atoms with E-state index in [9.17, 15) is 9.18 Å². The van der Waals surface area contributed by atoms with Crippen LogP contribution in [0.25, 0.3) is 11.0 Å². The van der Waals surface area contributed by atoms with E-state index in [0.717, 1.165) is 0 Å². The first-order chi connectivity index (χ1) is 9.58. The first kappa shape index (κ1) is 13.0. The second-order valence-corrected chi connectivity index (χ2v) is 5.13. The van der Waals surface area contributed by atoms with Crippen LogP contribution in [0.3, 0.4) is 0 Å². The maximum Gasteiger partial charge on any atom is 0.265 e. The standard InChI is InChI=1S/C13H10BrFN4O/c1-18-12-10(11(14)17-18)13(20)19(7-16-12)6-8-4-2-3-5-9(8)15/h2-5,7H,6H2,1H3.